The van der Waals surface area contributed by atoms with Crippen molar-refractivity contribution in [2.24, 2.45) is 0 Å². The molecular weight excluding hydrogens is 532 g/mol. The summed E-state index contributed by atoms with van der Waals surface area (Å²) in [4.78, 5) is 34.4. The minimum absolute atomic E-state index is 0.0654. The molecule has 1 saturated heterocycles. The average Bonchev–Trinajstić information content (AvgIpc) is 3.34. The molecule has 0 saturated carbocycles. The Balaban J connectivity index is 1.88. The quantitative estimate of drug-likeness (QED) is 0.321. The SMILES string of the molecule is CC(C)(C)[Si](C)(C)OC[C@@H]1O[C@H](n2cnc3c(NC(=O)C(F)(F)F)ncnc32)CC1OC(=O)C(F)(F)F. The maximum Gasteiger partial charge on any atom is 0.490 e. The van der Waals surface area contributed by atoms with Crippen LogP contribution in [0.15, 0.2) is 12.7 Å². The van der Waals surface area contributed by atoms with E-state index in [-0.39, 0.29) is 29.2 Å². The number of carbonyl (C=O) groups excluding carboxylic acids is 2. The largest absolute Gasteiger partial charge is 0.490 e. The molecule has 0 radical (unpaired) electrons. The highest BCUT2D eigenvalue weighted by molar-refractivity contribution is 6.74. The Morgan fingerprint density at radius 3 is 2.32 bits per heavy atom. The molecule has 2 aromatic rings. The summed E-state index contributed by atoms with van der Waals surface area (Å²) in [5.74, 6) is -5.20. The van der Waals surface area contributed by atoms with Gasteiger partial charge in [0.25, 0.3) is 0 Å². The fourth-order valence-electron chi connectivity index (χ4n) is 3.19. The molecule has 3 heterocycles. The van der Waals surface area contributed by atoms with Gasteiger partial charge in [-0.3, -0.25) is 9.36 Å². The number of anilines is 1. The molecule has 37 heavy (non-hydrogen) atoms. The summed E-state index contributed by atoms with van der Waals surface area (Å²) in [5, 5.41) is 1.37. The lowest BCUT2D eigenvalue weighted by atomic mass is 10.2. The molecule has 1 amide bonds. The molecule has 10 nitrogen and oxygen atoms in total. The van der Waals surface area contributed by atoms with Gasteiger partial charge >= 0.3 is 24.2 Å². The predicted molar refractivity (Wildman–Crippen MR) is 118 cm³/mol. The number of ether oxygens (including phenoxy) is 2. The Bertz CT molecular complexity index is 1160. The molecule has 1 unspecified atom stereocenters. The van der Waals surface area contributed by atoms with Crippen molar-refractivity contribution < 1.29 is 49.8 Å². The lowest BCUT2D eigenvalue weighted by Gasteiger charge is -2.37. The predicted octanol–water partition coefficient (Wildman–Crippen LogP) is 4.11. The van der Waals surface area contributed by atoms with Gasteiger partial charge in [0.05, 0.1) is 12.9 Å². The normalized spacial score (nSPS) is 21.3. The smallest absolute Gasteiger partial charge is 0.453 e. The van der Waals surface area contributed by atoms with Gasteiger partial charge in [-0.2, -0.15) is 26.3 Å². The molecule has 0 bridgehead atoms. The summed E-state index contributed by atoms with van der Waals surface area (Å²) < 4.78 is 94.5. The Labute approximate surface area is 207 Å². The van der Waals surface area contributed by atoms with E-state index in [4.69, 9.17) is 13.9 Å². The fourth-order valence-corrected chi connectivity index (χ4v) is 4.20. The van der Waals surface area contributed by atoms with Crippen LogP contribution in [-0.2, 0) is 23.5 Å². The van der Waals surface area contributed by atoms with Crippen LogP contribution in [0.25, 0.3) is 11.2 Å². The summed E-state index contributed by atoms with van der Waals surface area (Å²) in [6.45, 7) is 9.57. The Morgan fingerprint density at radius 2 is 1.76 bits per heavy atom. The number of rotatable bonds is 6. The number of nitrogens with one attached hydrogen (secondary N) is 1. The van der Waals surface area contributed by atoms with Crippen molar-refractivity contribution in [3.8, 4) is 0 Å². The highest BCUT2D eigenvalue weighted by Gasteiger charge is 2.48. The van der Waals surface area contributed by atoms with Gasteiger partial charge in [0.1, 0.15) is 24.8 Å². The van der Waals surface area contributed by atoms with E-state index in [0.717, 1.165) is 12.7 Å². The van der Waals surface area contributed by atoms with E-state index in [2.05, 4.69) is 15.0 Å². The number of amides is 1. The third kappa shape index (κ3) is 6.38. The molecular formula is C20H25F6N5O5Si. The molecule has 1 aliphatic rings. The van der Waals surface area contributed by atoms with Crippen molar-refractivity contribution >= 4 is 37.2 Å². The van der Waals surface area contributed by atoms with Crippen molar-refractivity contribution in [2.75, 3.05) is 11.9 Å². The average molecular weight is 558 g/mol. The van der Waals surface area contributed by atoms with Gasteiger partial charge in [-0.05, 0) is 18.1 Å². The van der Waals surface area contributed by atoms with Crippen LogP contribution in [0.4, 0.5) is 32.2 Å². The molecule has 2 aromatic heterocycles. The van der Waals surface area contributed by atoms with Crippen LogP contribution in [0.1, 0.15) is 33.4 Å². The van der Waals surface area contributed by atoms with E-state index in [1.807, 2.05) is 33.9 Å². The van der Waals surface area contributed by atoms with Crippen LogP contribution in [0.2, 0.25) is 18.1 Å². The standard InChI is InChI=1S/C20H25F6N5O5Si/c1-18(2,3)37(4,5)34-7-11-10(36-17(33)20(24,25)26)6-12(35-11)31-9-29-13-14(27-8-28-15(13)31)30-16(32)19(21,22)23/h8-12H,6-7H2,1-5H3,(H,27,28,30,32)/t10?,11-,12-/m0/s1. The first-order valence-corrected chi connectivity index (χ1v) is 13.8. The maximum atomic E-state index is 12.9. The second kappa shape index (κ2) is 9.83. The van der Waals surface area contributed by atoms with Crippen LogP contribution in [-0.4, -0.2) is 70.9 Å². The summed E-state index contributed by atoms with van der Waals surface area (Å²) in [7, 11) is -2.36. The second-order valence-electron chi connectivity index (χ2n) is 9.88. The van der Waals surface area contributed by atoms with Gasteiger partial charge < -0.3 is 19.2 Å². The first-order valence-electron chi connectivity index (χ1n) is 10.9. The summed E-state index contributed by atoms with van der Waals surface area (Å²) in [5.41, 5.74) is -0.280. The highest BCUT2D eigenvalue weighted by Crippen LogP contribution is 2.39. The van der Waals surface area contributed by atoms with Gasteiger partial charge in [0.2, 0.25) is 0 Å². The van der Waals surface area contributed by atoms with Gasteiger partial charge in [0.15, 0.2) is 25.3 Å². The van der Waals surface area contributed by atoms with Crippen LogP contribution in [0, 0.1) is 0 Å². The van der Waals surface area contributed by atoms with E-state index >= 15 is 0 Å². The number of nitrogens with zero attached hydrogens (tertiary/aromatic N) is 4. The number of esters is 1. The van der Waals surface area contributed by atoms with Gasteiger partial charge in [-0.1, -0.05) is 20.8 Å². The lowest BCUT2D eigenvalue weighted by molar-refractivity contribution is -0.207. The van der Waals surface area contributed by atoms with Crippen molar-refractivity contribution in [1.29, 1.82) is 0 Å². The van der Waals surface area contributed by atoms with Crippen molar-refractivity contribution in [2.45, 2.75) is 76.1 Å². The van der Waals surface area contributed by atoms with E-state index < -0.39 is 56.8 Å². The first kappa shape index (κ1) is 28.8. The summed E-state index contributed by atoms with van der Waals surface area (Å²) >= 11 is 0. The third-order valence-corrected chi connectivity index (χ3v) is 10.7. The van der Waals surface area contributed by atoms with Crippen molar-refractivity contribution in [1.82, 2.24) is 19.5 Å². The zero-order chi connectivity index (χ0) is 28.0. The van der Waals surface area contributed by atoms with Crippen LogP contribution < -0.4 is 5.32 Å². The number of halogens is 6. The number of alkyl halides is 6. The Morgan fingerprint density at radius 1 is 1.11 bits per heavy atom. The minimum Gasteiger partial charge on any atom is -0.453 e. The van der Waals surface area contributed by atoms with E-state index in [1.165, 1.54) is 4.57 Å². The van der Waals surface area contributed by atoms with Gasteiger partial charge in [0, 0.05) is 6.42 Å². The second-order valence-corrected chi connectivity index (χ2v) is 14.7. The molecule has 0 spiro atoms. The topological polar surface area (TPSA) is 117 Å². The summed E-state index contributed by atoms with van der Waals surface area (Å²) in [6, 6.07) is 0. The van der Waals surface area contributed by atoms with Crippen molar-refractivity contribution in [3.05, 3.63) is 12.7 Å². The van der Waals surface area contributed by atoms with E-state index in [0.29, 0.717) is 0 Å². The van der Waals surface area contributed by atoms with E-state index in [1.54, 1.807) is 5.32 Å². The lowest BCUT2D eigenvalue weighted by Crippen LogP contribution is -2.44. The fraction of sp³-hybridized carbons (Fsp3) is 0.650. The molecule has 0 aromatic carbocycles. The molecule has 0 aliphatic carbocycles. The van der Waals surface area contributed by atoms with Crippen LogP contribution >= 0.6 is 0 Å². The highest BCUT2D eigenvalue weighted by atomic mass is 28.4. The Hall–Kier alpha value is -2.79. The maximum absolute atomic E-state index is 12.9. The number of carbonyl (C=O) groups is 2. The molecule has 3 rings (SSSR count). The monoisotopic (exact) mass is 557 g/mol. The molecule has 206 valence electrons. The Kier molecular flexibility index (Phi) is 7.64. The van der Waals surface area contributed by atoms with E-state index in [9.17, 15) is 35.9 Å². The number of imidazole rings is 1. The zero-order valence-corrected chi connectivity index (χ0v) is 21.4. The molecule has 3 atom stereocenters. The third-order valence-electron chi connectivity index (χ3n) is 6.24. The van der Waals surface area contributed by atoms with Crippen LogP contribution in [0.5, 0.6) is 0 Å². The summed E-state index contributed by atoms with van der Waals surface area (Å²) in [6.07, 6.45) is -12.2. The van der Waals surface area contributed by atoms with Crippen molar-refractivity contribution in [3.63, 3.8) is 0 Å². The number of hydrogen-bond donors (Lipinski definition) is 1. The molecule has 17 heteroatoms. The molecule has 1 N–H and O–H groups in total. The number of aromatic nitrogens is 4. The number of hydrogen-bond acceptors (Lipinski definition) is 8. The zero-order valence-electron chi connectivity index (χ0n) is 20.4. The first-order chi connectivity index (χ1) is 16.8. The minimum atomic E-state index is -5.23. The van der Waals surface area contributed by atoms with Gasteiger partial charge in [-0.25, -0.2) is 19.7 Å². The molecule has 1 aliphatic heterocycles. The number of fused-ring (bicyclic) bond motifs is 1. The molecule has 1 fully saturated rings. The van der Waals surface area contributed by atoms with Crippen LogP contribution in [0.3, 0.4) is 0 Å². The van der Waals surface area contributed by atoms with Gasteiger partial charge in [-0.15, -0.1) is 0 Å².